The largest absolute Gasteiger partial charge is 0.480 e. The van der Waals surface area contributed by atoms with Gasteiger partial charge in [-0.05, 0) is 53.6 Å². The summed E-state index contributed by atoms with van der Waals surface area (Å²) in [5, 5.41) is 9.25. The molecule has 2 aromatic carbocycles. The molecule has 0 aromatic heterocycles. The Kier molecular flexibility index (Phi) is 9.02. The number of sulfonamides is 1. The molecule has 0 bridgehead atoms. The van der Waals surface area contributed by atoms with Gasteiger partial charge in [0, 0.05) is 20.2 Å². The summed E-state index contributed by atoms with van der Waals surface area (Å²) in [7, 11) is -2.70. The second-order valence-electron chi connectivity index (χ2n) is 8.42. The molecule has 1 atom stereocenters. The Morgan fingerprint density at radius 3 is 2.58 bits per heavy atom. The third kappa shape index (κ3) is 6.80. The summed E-state index contributed by atoms with van der Waals surface area (Å²) in [6.45, 7) is -0.329. The zero-order chi connectivity index (χ0) is 26.3. The molecule has 1 aliphatic carbocycles. The van der Waals surface area contributed by atoms with E-state index in [0.29, 0.717) is 6.42 Å². The van der Waals surface area contributed by atoms with Crippen molar-refractivity contribution in [2.45, 2.75) is 30.2 Å². The summed E-state index contributed by atoms with van der Waals surface area (Å²) >= 11 is 0. The van der Waals surface area contributed by atoms with Crippen LogP contribution in [0.25, 0.3) is 11.1 Å². The first-order valence-corrected chi connectivity index (χ1v) is 12.9. The summed E-state index contributed by atoms with van der Waals surface area (Å²) in [6, 6.07) is 11.4. The molecule has 6 N–H and O–H groups in total. The van der Waals surface area contributed by atoms with Crippen molar-refractivity contribution in [2.24, 2.45) is 16.5 Å². The van der Waals surface area contributed by atoms with Gasteiger partial charge in [-0.1, -0.05) is 30.3 Å². The molecule has 0 spiro atoms. The SMILES string of the molecule is COCCN(CC(=O)O)C(=O)C(CCCN=C(N)N)NS(=O)(=O)c1ccc2c(c1)-c1ccccc1C2. The lowest BCUT2D eigenvalue weighted by atomic mass is 10.1. The van der Waals surface area contributed by atoms with Crippen LogP contribution in [-0.4, -0.2) is 75.7 Å². The molecule has 0 heterocycles. The fourth-order valence-corrected chi connectivity index (χ4v) is 5.36. The van der Waals surface area contributed by atoms with Crippen molar-refractivity contribution in [3.63, 3.8) is 0 Å². The normalized spacial score (nSPS) is 12.9. The summed E-state index contributed by atoms with van der Waals surface area (Å²) in [5.74, 6) is -2.02. The molecular formula is C24H31N5O6S. The van der Waals surface area contributed by atoms with E-state index >= 15 is 0 Å². The first kappa shape index (κ1) is 27.1. The van der Waals surface area contributed by atoms with Crippen LogP contribution in [0.5, 0.6) is 0 Å². The Balaban J connectivity index is 1.87. The zero-order valence-corrected chi connectivity index (χ0v) is 20.8. The smallest absolute Gasteiger partial charge is 0.323 e. The van der Waals surface area contributed by atoms with Crippen molar-refractivity contribution >= 4 is 27.9 Å². The van der Waals surface area contributed by atoms with Gasteiger partial charge in [-0.3, -0.25) is 14.6 Å². The van der Waals surface area contributed by atoms with Gasteiger partial charge in [-0.25, -0.2) is 8.42 Å². The van der Waals surface area contributed by atoms with Crippen LogP contribution in [0.4, 0.5) is 0 Å². The fourth-order valence-electron chi connectivity index (χ4n) is 4.11. The molecular weight excluding hydrogens is 486 g/mol. The van der Waals surface area contributed by atoms with Crippen LogP contribution in [0.2, 0.25) is 0 Å². The number of carboxylic acid groups (broad SMARTS) is 1. The van der Waals surface area contributed by atoms with Crippen molar-refractivity contribution in [1.29, 1.82) is 0 Å². The highest BCUT2D eigenvalue weighted by molar-refractivity contribution is 7.89. The number of aliphatic imine (C=N–C) groups is 1. The Morgan fingerprint density at radius 1 is 1.17 bits per heavy atom. The van der Waals surface area contributed by atoms with E-state index in [1.807, 2.05) is 24.3 Å². The number of carboxylic acids is 1. The van der Waals surface area contributed by atoms with Crippen molar-refractivity contribution < 1.29 is 27.9 Å². The van der Waals surface area contributed by atoms with Gasteiger partial charge >= 0.3 is 5.97 Å². The molecule has 11 nitrogen and oxygen atoms in total. The topological polar surface area (TPSA) is 177 Å². The maximum Gasteiger partial charge on any atom is 0.323 e. The number of hydrogen-bond donors (Lipinski definition) is 4. The number of rotatable bonds is 13. The van der Waals surface area contributed by atoms with Gasteiger partial charge in [0.25, 0.3) is 0 Å². The third-order valence-electron chi connectivity index (χ3n) is 5.82. The molecule has 194 valence electrons. The van der Waals surface area contributed by atoms with E-state index in [4.69, 9.17) is 16.2 Å². The van der Waals surface area contributed by atoms with Crippen molar-refractivity contribution in [1.82, 2.24) is 9.62 Å². The van der Waals surface area contributed by atoms with E-state index < -0.39 is 34.5 Å². The Labute approximate surface area is 210 Å². The molecule has 0 radical (unpaired) electrons. The van der Waals surface area contributed by atoms with Crippen LogP contribution < -0.4 is 16.2 Å². The van der Waals surface area contributed by atoms with Crippen molar-refractivity contribution in [2.75, 3.05) is 33.4 Å². The van der Waals surface area contributed by atoms with E-state index in [9.17, 15) is 23.1 Å². The Bertz CT molecular complexity index is 1240. The Hall–Kier alpha value is -3.48. The van der Waals surface area contributed by atoms with Crippen molar-refractivity contribution in [3.8, 4) is 11.1 Å². The molecule has 0 saturated heterocycles. The van der Waals surface area contributed by atoms with E-state index in [2.05, 4.69) is 9.71 Å². The van der Waals surface area contributed by atoms with E-state index in [0.717, 1.165) is 33.6 Å². The molecule has 0 saturated carbocycles. The number of hydrogen-bond acceptors (Lipinski definition) is 6. The molecule has 1 aliphatic rings. The number of ether oxygens (including phenoxy) is 1. The first-order valence-electron chi connectivity index (χ1n) is 11.4. The fraction of sp³-hybridized carbons (Fsp3) is 0.375. The van der Waals surface area contributed by atoms with Gasteiger partial charge in [0.2, 0.25) is 15.9 Å². The average Bonchev–Trinajstić information content (AvgIpc) is 3.20. The maximum absolute atomic E-state index is 13.4. The number of methoxy groups -OCH3 is 1. The summed E-state index contributed by atoms with van der Waals surface area (Å²) in [5.41, 5.74) is 14.6. The third-order valence-corrected chi connectivity index (χ3v) is 7.29. The summed E-state index contributed by atoms with van der Waals surface area (Å²) < 4.78 is 34.2. The number of nitrogens with one attached hydrogen (secondary N) is 1. The van der Waals surface area contributed by atoms with Gasteiger partial charge in [0.15, 0.2) is 5.96 Å². The van der Waals surface area contributed by atoms with E-state index in [1.165, 1.54) is 13.2 Å². The number of nitrogens with two attached hydrogens (primary N) is 2. The van der Waals surface area contributed by atoms with Crippen LogP contribution >= 0.6 is 0 Å². The van der Waals surface area contributed by atoms with Gasteiger partial charge in [-0.15, -0.1) is 0 Å². The minimum Gasteiger partial charge on any atom is -0.480 e. The molecule has 1 amide bonds. The molecule has 12 heteroatoms. The summed E-state index contributed by atoms with van der Waals surface area (Å²) in [6.07, 6.45) is 1.07. The van der Waals surface area contributed by atoms with Crippen LogP contribution in [0.15, 0.2) is 52.4 Å². The molecule has 36 heavy (non-hydrogen) atoms. The Morgan fingerprint density at radius 2 is 1.89 bits per heavy atom. The number of nitrogens with zero attached hydrogens (tertiary/aromatic N) is 2. The van der Waals surface area contributed by atoms with Crippen LogP contribution in [-0.2, 0) is 30.8 Å². The lowest BCUT2D eigenvalue weighted by molar-refractivity contribution is -0.145. The minimum absolute atomic E-state index is 0.0105. The summed E-state index contributed by atoms with van der Waals surface area (Å²) in [4.78, 5) is 29.5. The second-order valence-corrected chi connectivity index (χ2v) is 10.1. The van der Waals surface area contributed by atoms with E-state index in [-0.39, 0.29) is 37.0 Å². The lowest BCUT2D eigenvalue weighted by Gasteiger charge is -2.26. The average molecular weight is 518 g/mol. The van der Waals surface area contributed by atoms with Gasteiger partial charge in [0.1, 0.15) is 12.6 Å². The molecule has 0 fully saturated rings. The van der Waals surface area contributed by atoms with Crippen LogP contribution in [0.1, 0.15) is 24.0 Å². The molecule has 0 aliphatic heterocycles. The zero-order valence-electron chi connectivity index (χ0n) is 20.0. The highest BCUT2D eigenvalue weighted by atomic mass is 32.2. The number of carbonyl (C=O) groups excluding carboxylic acids is 1. The molecule has 3 rings (SSSR count). The number of guanidine groups is 1. The molecule has 1 unspecified atom stereocenters. The van der Waals surface area contributed by atoms with E-state index in [1.54, 1.807) is 12.1 Å². The number of benzene rings is 2. The van der Waals surface area contributed by atoms with Gasteiger partial charge in [0.05, 0.1) is 11.5 Å². The minimum atomic E-state index is -4.13. The predicted octanol–water partition coefficient (Wildman–Crippen LogP) is 0.518. The quantitative estimate of drug-likeness (QED) is 0.144. The standard InChI is InChI=1S/C24H31N5O6S/c1-35-12-11-29(15-22(30)31)23(32)21(7-4-10-27-24(25)26)28-36(33,34)18-9-8-17-13-16-5-2-3-6-19(16)20(17)14-18/h2-3,5-6,8-9,14,21,28H,4,7,10-13,15H2,1H3,(H,30,31)(H4,25,26,27). The number of carbonyl (C=O) groups is 2. The lowest BCUT2D eigenvalue weighted by Crippen LogP contribution is -2.50. The predicted molar refractivity (Wildman–Crippen MR) is 135 cm³/mol. The number of amides is 1. The number of fused-ring (bicyclic) bond motifs is 3. The van der Waals surface area contributed by atoms with Gasteiger partial charge in [-0.2, -0.15) is 4.72 Å². The maximum atomic E-state index is 13.4. The second kappa shape index (κ2) is 12.0. The number of aliphatic carboxylic acids is 1. The van der Waals surface area contributed by atoms with Crippen molar-refractivity contribution in [3.05, 3.63) is 53.6 Å². The van der Waals surface area contributed by atoms with Gasteiger partial charge < -0.3 is 26.2 Å². The monoisotopic (exact) mass is 517 g/mol. The van der Waals surface area contributed by atoms with Crippen LogP contribution in [0, 0.1) is 0 Å². The highest BCUT2D eigenvalue weighted by Crippen LogP contribution is 2.37. The highest BCUT2D eigenvalue weighted by Gasteiger charge is 2.31. The van der Waals surface area contributed by atoms with Crippen LogP contribution in [0.3, 0.4) is 0 Å². The first-order chi connectivity index (χ1) is 17.1. The molecule has 2 aromatic rings.